The smallest absolute Gasteiger partial charge is 0.319 e. The molecule has 32 heavy (non-hydrogen) atoms. The third-order valence-electron chi connectivity index (χ3n) is 4.56. The first-order valence-corrected chi connectivity index (χ1v) is 10.8. The van der Waals surface area contributed by atoms with Crippen molar-refractivity contribution in [3.63, 3.8) is 0 Å². The van der Waals surface area contributed by atoms with E-state index in [1.54, 1.807) is 38.1 Å². The lowest BCUT2D eigenvalue weighted by molar-refractivity contribution is -0.113. The van der Waals surface area contributed by atoms with Crippen LogP contribution in [0.2, 0.25) is 5.02 Å². The van der Waals surface area contributed by atoms with Crippen LogP contribution in [-0.2, 0) is 4.79 Å². The zero-order valence-electron chi connectivity index (χ0n) is 17.3. The molecule has 0 spiro atoms. The molecule has 166 valence electrons. The zero-order chi connectivity index (χ0) is 23.3. The highest BCUT2D eigenvalue weighted by Crippen LogP contribution is 2.40. The minimum atomic E-state index is -0.791. The van der Waals surface area contributed by atoms with E-state index in [2.05, 4.69) is 31.9 Å². The topological polar surface area (TPSA) is 112 Å². The van der Waals surface area contributed by atoms with Crippen LogP contribution in [0.25, 0.3) is 0 Å². The number of hydrogen-bond acceptors (Lipinski definition) is 5. The number of allylic oxidation sites excluding steroid dienone is 1. The summed E-state index contributed by atoms with van der Waals surface area (Å²) >= 11 is 9.77. The standard InChI is InChI=1S/C22H20BrClN4O4/c1-3-31-17-11-13(10-16(24)20(17)32-9-8-25)19-18(12(2)26-22(30)28-19)21(29)27-15-6-4-14(23)5-7-15/h4-7,10-11,19H,3,9H2,1-2H3,(H,27,29)(H2,26,28,30). The van der Waals surface area contributed by atoms with Crippen molar-refractivity contribution < 1.29 is 19.1 Å². The number of ether oxygens (including phenoxy) is 2. The van der Waals surface area contributed by atoms with Crippen LogP contribution in [0.1, 0.15) is 25.5 Å². The van der Waals surface area contributed by atoms with Crippen molar-refractivity contribution >= 4 is 45.2 Å². The molecular formula is C22H20BrClN4O4. The third kappa shape index (κ3) is 5.33. The number of urea groups is 1. The first-order valence-electron chi connectivity index (χ1n) is 9.65. The lowest BCUT2D eigenvalue weighted by atomic mass is 9.94. The van der Waals surface area contributed by atoms with Crippen molar-refractivity contribution in [2.75, 3.05) is 18.5 Å². The molecule has 2 aromatic rings. The Kier molecular flexibility index (Phi) is 7.62. The second-order valence-electron chi connectivity index (χ2n) is 6.74. The number of benzene rings is 2. The summed E-state index contributed by atoms with van der Waals surface area (Å²) in [7, 11) is 0. The number of carbonyl (C=O) groups is 2. The maximum absolute atomic E-state index is 13.2. The molecule has 1 heterocycles. The number of anilines is 1. The van der Waals surface area contributed by atoms with Crippen LogP contribution in [0, 0.1) is 11.3 Å². The summed E-state index contributed by atoms with van der Waals surface area (Å²) < 4.78 is 11.9. The van der Waals surface area contributed by atoms with Gasteiger partial charge < -0.3 is 25.4 Å². The summed E-state index contributed by atoms with van der Waals surface area (Å²) in [5.41, 5.74) is 1.85. The third-order valence-corrected chi connectivity index (χ3v) is 5.37. The van der Waals surface area contributed by atoms with Crippen LogP contribution in [0.4, 0.5) is 10.5 Å². The largest absolute Gasteiger partial charge is 0.490 e. The molecular weight excluding hydrogens is 500 g/mol. The number of rotatable bonds is 7. The van der Waals surface area contributed by atoms with Crippen LogP contribution in [-0.4, -0.2) is 25.2 Å². The van der Waals surface area contributed by atoms with E-state index < -0.39 is 12.1 Å². The van der Waals surface area contributed by atoms with Crippen LogP contribution < -0.4 is 25.4 Å². The van der Waals surface area contributed by atoms with Crippen LogP contribution in [0.3, 0.4) is 0 Å². The highest BCUT2D eigenvalue weighted by atomic mass is 79.9. The van der Waals surface area contributed by atoms with E-state index >= 15 is 0 Å². The molecule has 0 fully saturated rings. The monoisotopic (exact) mass is 518 g/mol. The Bertz CT molecular complexity index is 1110. The molecule has 1 unspecified atom stereocenters. The molecule has 0 saturated carbocycles. The van der Waals surface area contributed by atoms with Gasteiger partial charge in [0.1, 0.15) is 6.07 Å². The molecule has 3 rings (SSSR count). The Balaban J connectivity index is 2.00. The second-order valence-corrected chi connectivity index (χ2v) is 8.06. The van der Waals surface area contributed by atoms with Crippen molar-refractivity contribution in [2.45, 2.75) is 19.9 Å². The van der Waals surface area contributed by atoms with Gasteiger partial charge in [-0.25, -0.2) is 4.79 Å². The maximum Gasteiger partial charge on any atom is 0.319 e. The van der Waals surface area contributed by atoms with Crippen LogP contribution in [0.15, 0.2) is 52.1 Å². The Morgan fingerprint density at radius 2 is 2.00 bits per heavy atom. The molecule has 1 aliphatic heterocycles. The van der Waals surface area contributed by atoms with Crippen LogP contribution in [0.5, 0.6) is 11.5 Å². The predicted molar refractivity (Wildman–Crippen MR) is 124 cm³/mol. The van der Waals surface area contributed by atoms with Gasteiger partial charge in [-0.1, -0.05) is 27.5 Å². The quantitative estimate of drug-likeness (QED) is 0.492. The van der Waals surface area contributed by atoms with E-state index in [1.165, 1.54) is 0 Å². The van der Waals surface area contributed by atoms with Crippen molar-refractivity contribution in [1.29, 1.82) is 5.26 Å². The number of halogens is 2. The number of nitrogens with one attached hydrogen (secondary N) is 3. The fraction of sp³-hybridized carbons (Fsp3) is 0.227. The number of amides is 3. The van der Waals surface area contributed by atoms with Gasteiger partial charge in [0.2, 0.25) is 0 Å². The van der Waals surface area contributed by atoms with Gasteiger partial charge in [-0.2, -0.15) is 5.26 Å². The lowest BCUT2D eigenvalue weighted by Gasteiger charge is -2.29. The summed E-state index contributed by atoms with van der Waals surface area (Å²) in [4.78, 5) is 25.4. The summed E-state index contributed by atoms with van der Waals surface area (Å²) in [6, 6.07) is 11.0. The molecule has 1 atom stereocenters. The molecule has 0 saturated heterocycles. The van der Waals surface area contributed by atoms with E-state index in [-0.39, 0.29) is 23.3 Å². The molecule has 3 amide bonds. The molecule has 0 aromatic heterocycles. The molecule has 0 radical (unpaired) electrons. The number of carbonyl (C=O) groups excluding carboxylic acids is 2. The number of nitriles is 1. The highest BCUT2D eigenvalue weighted by molar-refractivity contribution is 9.10. The number of hydrogen-bond donors (Lipinski definition) is 3. The first-order chi connectivity index (χ1) is 15.3. The maximum atomic E-state index is 13.2. The predicted octanol–water partition coefficient (Wildman–Crippen LogP) is 4.67. The number of nitrogens with zero attached hydrogens (tertiary/aromatic N) is 1. The van der Waals surface area contributed by atoms with Gasteiger partial charge in [0.05, 0.1) is 23.2 Å². The SMILES string of the molecule is CCOc1cc(C2NC(=O)NC(C)=C2C(=O)Nc2ccc(Br)cc2)cc(Cl)c1OCC#N. The molecule has 0 bridgehead atoms. The molecule has 1 aliphatic rings. The Morgan fingerprint density at radius 3 is 2.66 bits per heavy atom. The van der Waals surface area contributed by atoms with Gasteiger partial charge in [-0.3, -0.25) is 4.79 Å². The van der Waals surface area contributed by atoms with E-state index in [9.17, 15) is 9.59 Å². The Morgan fingerprint density at radius 1 is 1.28 bits per heavy atom. The second kappa shape index (κ2) is 10.4. The fourth-order valence-corrected chi connectivity index (χ4v) is 3.78. The molecule has 0 aliphatic carbocycles. The Labute approximate surface area is 198 Å². The van der Waals surface area contributed by atoms with E-state index in [4.69, 9.17) is 26.3 Å². The normalized spacial score (nSPS) is 15.3. The fourth-order valence-electron chi connectivity index (χ4n) is 3.24. The minimum absolute atomic E-state index is 0.194. The molecule has 3 N–H and O–H groups in total. The average Bonchev–Trinajstić information content (AvgIpc) is 2.74. The van der Waals surface area contributed by atoms with Crippen molar-refractivity contribution in [3.8, 4) is 17.6 Å². The average molecular weight is 520 g/mol. The molecule has 8 nitrogen and oxygen atoms in total. The summed E-state index contributed by atoms with van der Waals surface area (Å²) in [6.45, 7) is 3.57. The van der Waals surface area contributed by atoms with E-state index in [1.807, 2.05) is 18.2 Å². The van der Waals surface area contributed by atoms with Crippen molar-refractivity contribution in [1.82, 2.24) is 10.6 Å². The van der Waals surface area contributed by atoms with Gasteiger partial charge in [0.15, 0.2) is 18.1 Å². The van der Waals surface area contributed by atoms with Gasteiger partial charge in [-0.05, 0) is 55.8 Å². The van der Waals surface area contributed by atoms with Crippen LogP contribution >= 0.6 is 27.5 Å². The summed E-state index contributed by atoms with van der Waals surface area (Å²) in [6.07, 6.45) is 0. The molecule has 10 heteroatoms. The van der Waals surface area contributed by atoms with Gasteiger partial charge in [-0.15, -0.1) is 0 Å². The van der Waals surface area contributed by atoms with Crippen molar-refractivity contribution in [2.24, 2.45) is 0 Å². The minimum Gasteiger partial charge on any atom is -0.490 e. The summed E-state index contributed by atoms with van der Waals surface area (Å²) in [5, 5.41) is 17.3. The molecule has 2 aromatic carbocycles. The lowest BCUT2D eigenvalue weighted by Crippen LogP contribution is -2.46. The van der Waals surface area contributed by atoms with Gasteiger partial charge in [0, 0.05) is 15.9 Å². The van der Waals surface area contributed by atoms with Gasteiger partial charge >= 0.3 is 6.03 Å². The Hall–Kier alpha value is -3.22. The summed E-state index contributed by atoms with van der Waals surface area (Å²) in [5.74, 6) is 0.144. The first kappa shape index (κ1) is 23.4. The van der Waals surface area contributed by atoms with E-state index in [0.29, 0.717) is 34.9 Å². The highest BCUT2D eigenvalue weighted by Gasteiger charge is 2.32. The zero-order valence-corrected chi connectivity index (χ0v) is 19.6. The van der Waals surface area contributed by atoms with Crippen molar-refractivity contribution in [3.05, 3.63) is 62.7 Å². The van der Waals surface area contributed by atoms with E-state index in [0.717, 1.165) is 4.47 Å². The van der Waals surface area contributed by atoms with Gasteiger partial charge in [0.25, 0.3) is 5.91 Å².